The fourth-order valence-corrected chi connectivity index (χ4v) is 4.93. The van der Waals surface area contributed by atoms with Gasteiger partial charge in [0.25, 0.3) is 5.91 Å². The zero-order valence-electron chi connectivity index (χ0n) is 17.3. The number of furan rings is 1. The van der Waals surface area contributed by atoms with Crippen LogP contribution in [-0.4, -0.2) is 5.91 Å². The molecule has 0 saturated heterocycles. The Morgan fingerprint density at radius 3 is 2.59 bits per heavy atom. The summed E-state index contributed by atoms with van der Waals surface area (Å²) < 4.78 is 5.66. The number of nitrogens with zero attached hydrogens (tertiary/aromatic N) is 1. The van der Waals surface area contributed by atoms with E-state index in [1.807, 2.05) is 61.5 Å². The Morgan fingerprint density at radius 2 is 1.91 bits per heavy atom. The Bertz CT molecular complexity index is 1230. The molecule has 0 spiro atoms. The van der Waals surface area contributed by atoms with Crippen molar-refractivity contribution in [3.05, 3.63) is 111 Å². The molecule has 1 amide bonds. The van der Waals surface area contributed by atoms with Gasteiger partial charge in [-0.2, -0.15) is 5.26 Å². The molecule has 1 aliphatic rings. The van der Waals surface area contributed by atoms with Crippen LogP contribution in [0, 0.1) is 11.3 Å². The van der Waals surface area contributed by atoms with E-state index in [0.717, 1.165) is 5.56 Å². The van der Waals surface area contributed by atoms with Crippen molar-refractivity contribution in [1.29, 1.82) is 5.26 Å². The van der Waals surface area contributed by atoms with Crippen LogP contribution in [0.15, 0.2) is 99.3 Å². The van der Waals surface area contributed by atoms with Gasteiger partial charge in [0.05, 0.1) is 34.4 Å². The molecule has 3 aromatic rings. The molecule has 0 saturated carbocycles. The first-order valence-electron chi connectivity index (χ1n) is 9.96. The molecule has 2 heterocycles. The second kappa shape index (κ2) is 9.82. The predicted molar refractivity (Wildman–Crippen MR) is 128 cm³/mol. The molecule has 2 aromatic carbocycles. The number of hydrogen-bond acceptors (Lipinski definition) is 5. The van der Waals surface area contributed by atoms with E-state index in [4.69, 9.17) is 16.0 Å². The molecular formula is C25H20ClN3O2S. The fraction of sp³-hybridized carbons (Fsp3) is 0.120. The number of rotatable bonds is 6. The van der Waals surface area contributed by atoms with E-state index in [2.05, 4.69) is 16.7 Å². The molecule has 0 aliphatic carbocycles. The van der Waals surface area contributed by atoms with Gasteiger partial charge < -0.3 is 15.1 Å². The quantitative estimate of drug-likeness (QED) is 0.456. The van der Waals surface area contributed by atoms with E-state index < -0.39 is 5.92 Å². The molecule has 1 unspecified atom stereocenters. The number of nitrogens with one attached hydrogen (secondary N) is 2. The highest BCUT2D eigenvalue weighted by atomic mass is 35.5. The van der Waals surface area contributed by atoms with Crippen molar-refractivity contribution in [2.45, 2.75) is 18.6 Å². The summed E-state index contributed by atoms with van der Waals surface area (Å²) in [6.45, 7) is 1.83. The number of nitriles is 1. The maximum Gasteiger partial charge on any atom is 0.254 e. The number of halogens is 1. The van der Waals surface area contributed by atoms with Crippen LogP contribution in [0.4, 0.5) is 5.69 Å². The van der Waals surface area contributed by atoms with Gasteiger partial charge in [0.15, 0.2) is 0 Å². The highest BCUT2D eigenvalue weighted by molar-refractivity contribution is 8.02. The van der Waals surface area contributed by atoms with E-state index in [9.17, 15) is 10.1 Å². The fourth-order valence-electron chi connectivity index (χ4n) is 3.55. The average molecular weight is 462 g/mol. The zero-order valence-corrected chi connectivity index (χ0v) is 18.8. The van der Waals surface area contributed by atoms with Gasteiger partial charge in [0.2, 0.25) is 0 Å². The number of hydrogen-bond donors (Lipinski definition) is 2. The molecule has 0 bridgehead atoms. The van der Waals surface area contributed by atoms with Crippen LogP contribution in [-0.2, 0) is 10.5 Å². The number of para-hydroxylation sites is 1. The summed E-state index contributed by atoms with van der Waals surface area (Å²) in [5.74, 6) is 0.215. The third-order valence-electron chi connectivity index (χ3n) is 5.08. The number of amides is 1. The lowest BCUT2D eigenvalue weighted by atomic mass is 9.85. The summed E-state index contributed by atoms with van der Waals surface area (Å²) in [7, 11) is 0. The Labute approximate surface area is 195 Å². The van der Waals surface area contributed by atoms with Crippen LogP contribution in [0.5, 0.6) is 0 Å². The van der Waals surface area contributed by atoms with Crippen LogP contribution in [0.25, 0.3) is 0 Å². The summed E-state index contributed by atoms with van der Waals surface area (Å²) in [5.41, 5.74) is 3.19. The van der Waals surface area contributed by atoms with Crippen molar-refractivity contribution in [3.8, 4) is 6.07 Å². The molecule has 5 nitrogen and oxygen atoms in total. The summed E-state index contributed by atoms with van der Waals surface area (Å²) in [5, 5.41) is 17.6. The first-order chi connectivity index (χ1) is 15.6. The standard InChI is InChI=1S/C25H20ClN3O2S/c1-16-22(24(30)29-18-9-3-2-4-10-18)23(21-12-7-13-31-21)19(14-27)25(28-16)32-15-17-8-5-6-11-20(17)26/h2-13,23,28H,15H2,1H3,(H,29,30). The third-order valence-corrected chi connectivity index (χ3v) is 6.52. The molecule has 1 aliphatic heterocycles. The summed E-state index contributed by atoms with van der Waals surface area (Å²) in [6, 6.07) is 22.7. The van der Waals surface area contributed by atoms with E-state index in [0.29, 0.717) is 44.1 Å². The van der Waals surface area contributed by atoms with Crippen molar-refractivity contribution in [3.63, 3.8) is 0 Å². The lowest BCUT2D eigenvalue weighted by molar-refractivity contribution is -0.113. The summed E-state index contributed by atoms with van der Waals surface area (Å²) in [6.07, 6.45) is 1.55. The van der Waals surface area contributed by atoms with Gasteiger partial charge in [-0.1, -0.05) is 48.0 Å². The van der Waals surface area contributed by atoms with Gasteiger partial charge in [0, 0.05) is 22.2 Å². The van der Waals surface area contributed by atoms with E-state index in [-0.39, 0.29) is 5.91 Å². The number of carbonyl (C=O) groups excluding carboxylic acids is 1. The lowest BCUT2D eigenvalue weighted by Gasteiger charge is -2.28. The van der Waals surface area contributed by atoms with Crippen LogP contribution in [0.2, 0.25) is 5.02 Å². The van der Waals surface area contributed by atoms with Crippen molar-refractivity contribution < 1.29 is 9.21 Å². The minimum atomic E-state index is -0.617. The number of benzene rings is 2. The van der Waals surface area contributed by atoms with Gasteiger partial charge in [-0.15, -0.1) is 11.8 Å². The summed E-state index contributed by atoms with van der Waals surface area (Å²) >= 11 is 7.77. The topological polar surface area (TPSA) is 78.1 Å². The number of carbonyl (C=O) groups is 1. The van der Waals surface area contributed by atoms with E-state index in [1.54, 1.807) is 18.4 Å². The molecular weight excluding hydrogens is 442 g/mol. The van der Waals surface area contributed by atoms with Gasteiger partial charge in [-0.05, 0) is 42.8 Å². The molecule has 0 radical (unpaired) electrons. The van der Waals surface area contributed by atoms with Gasteiger partial charge >= 0.3 is 0 Å². The number of thioether (sulfide) groups is 1. The predicted octanol–water partition coefficient (Wildman–Crippen LogP) is 6.20. The van der Waals surface area contributed by atoms with Gasteiger partial charge in [0.1, 0.15) is 5.76 Å². The Hall–Kier alpha value is -3.40. The molecule has 32 heavy (non-hydrogen) atoms. The van der Waals surface area contributed by atoms with E-state index in [1.165, 1.54) is 11.8 Å². The second-order valence-electron chi connectivity index (χ2n) is 7.17. The Morgan fingerprint density at radius 1 is 1.16 bits per heavy atom. The monoisotopic (exact) mass is 461 g/mol. The largest absolute Gasteiger partial charge is 0.468 e. The summed E-state index contributed by atoms with van der Waals surface area (Å²) in [4.78, 5) is 13.3. The molecule has 160 valence electrons. The minimum Gasteiger partial charge on any atom is -0.468 e. The second-order valence-corrected chi connectivity index (χ2v) is 8.56. The maximum atomic E-state index is 13.3. The van der Waals surface area contributed by atoms with Crippen LogP contribution in [0.3, 0.4) is 0 Å². The number of anilines is 1. The molecule has 4 rings (SSSR count). The van der Waals surface area contributed by atoms with Gasteiger partial charge in [-0.3, -0.25) is 4.79 Å². The molecule has 7 heteroatoms. The maximum absolute atomic E-state index is 13.3. The molecule has 1 aromatic heterocycles. The van der Waals surface area contributed by atoms with Crippen molar-refractivity contribution in [2.75, 3.05) is 5.32 Å². The van der Waals surface area contributed by atoms with Crippen LogP contribution < -0.4 is 10.6 Å². The average Bonchev–Trinajstić information content (AvgIpc) is 3.33. The van der Waals surface area contributed by atoms with Gasteiger partial charge in [-0.25, -0.2) is 0 Å². The Balaban J connectivity index is 1.68. The van der Waals surface area contributed by atoms with Crippen LogP contribution in [0.1, 0.15) is 24.2 Å². The minimum absolute atomic E-state index is 0.287. The first-order valence-corrected chi connectivity index (χ1v) is 11.3. The highest BCUT2D eigenvalue weighted by Crippen LogP contribution is 2.42. The zero-order chi connectivity index (χ0) is 22.5. The smallest absolute Gasteiger partial charge is 0.254 e. The highest BCUT2D eigenvalue weighted by Gasteiger charge is 2.36. The van der Waals surface area contributed by atoms with Crippen molar-refractivity contribution >= 4 is 35.0 Å². The number of allylic oxidation sites excluding steroid dienone is 2. The van der Waals surface area contributed by atoms with E-state index >= 15 is 0 Å². The molecule has 0 fully saturated rings. The first kappa shape index (κ1) is 21.8. The lowest BCUT2D eigenvalue weighted by Crippen LogP contribution is -2.30. The molecule has 1 atom stereocenters. The Kier molecular flexibility index (Phi) is 6.69. The number of dihydropyridines is 1. The van der Waals surface area contributed by atoms with Crippen molar-refractivity contribution in [1.82, 2.24) is 5.32 Å². The SMILES string of the molecule is CC1=C(C(=O)Nc2ccccc2)C(c2ccco2)C(C#N)=C(SCc2ccccc2Cl)N1. The third kappa shape index (κ3) is 4.59. The molecule has 2 N–H and O–H groups in total. The van der Waals surface area contributed by atoms with Crippen molar-refractivity contribution in [2.24, 2.45) is 0 Å². The normalized spacial score (nSPS) is 15.8. The van der Waals surface area contributed by atoms with Crippen LogP contribution >= 0.6 is 23.4 Å².